The number of imide groups is 1. The molecule has 2 heterocycles. The van der Waals surface area contributed by atoms with E-state index in [9.17, 15) is 24.0 Å². The van der Waals surface area contributed by atoms with Gasteiger partial charge in [-0.15, -0.1) is 0 Å². The van der Waals surface area contributed by atoms with Gasteiger partial charge in [0.1, 0.15) is 12.1 Å². The highest BCUT2D eigenvalue weighted by atomic mass is 16.6. The molecule has 0 aromatic carbocycles. The van der Waals surface area contributed by atoms with Crippen molar-refractivity contribution in [3.63, 3.8) is 0 Å². The van der Waals surface area contributed by atoms with Crippen molar-refractivity contribution in [3.05, 3.63) is 24.3 Å². The number of ether oxygens (including phenoxy) is 3. The van der Waals surface area contributed by atoms with Crippen LogP contribution in [0.25, 0.3) is 0 Å². The Labute approximate surface area is 174 Å². The van der Waals surface area contributed by atoms with Gasteiger partial charge in [0.05, 0.1) is 13.2 Å². The normalized spacial score (nSPS) is 20.7. The number of amides is 3. The molecule has 0 fully saturated rings. The largest absolute Gasteiger partial charge is 0.463 e. The van der Waals surface area contributed by atoms with Gasteiger partial charge in [-0.25, -0.2) is 9.59 Å². The van der Waals surface area contributed by atoms with Crippen LogP contribution in [0.2, 0.25) is 0 Å². The molecular weight excluding hydrogens is 396 g/mol. The summed E-state index contributed by atoms with van der Waals surface area (Å²) < 4.78 is 15.7. The molecule has 2 rings (SSSR count). The molecule has 10 nitrogen and oxygen atoms in total. The highest BCUT2D eigenvalue weighted by Crippen LogP contribution is 2.20. The van der Waals surface area contributed by atoms with Crippen molar-refractivity contribution in [1.29, 1.82) is 0 Å². The van der Waals surface area contributed by atoms with E-state index < -0.39 is 47.5 Å². The molecule has 0 bridgehead atoms. The van der Waals surface area contributed by atoms with Crippen LogP contribution < -0.4 is 0 Å². The number of hydrogen-bond acceptors (Lipinski definition) is 8. The van der Waals surface area contributed by atoms with E-state index >= 15 is 0 Å². The van der Waals surface area contributed by atoms with Crippen molar-refractivity contribution in [3.8, 4) is 0 Å². The molecular formula is C20H26N2O8. The van der Waals surface area contributed by atoms with E-state index in [1.54, 1.807) is 19.9 Å². The summed E-state index contributed by atoms with van der Waals surface area (Å²) in [5.41, 5.74) is -0.740. The fraction of sp³-hybridized carbons (Fsp3) is 0.550. The van der Waals surface area contributed by atoms with Crippen molar-refractivity contribution in [2.45, 2.75) is 46.0 Å². The van der Waals surface area contributed by atoms with E-state index in [0.717, 1.165) is 17.1 Å². The fourth-order valence-electron chi connectivity index (χ4n) is 2.90. The number of rotatable bonds is 9. The minimum atomic E-state index is -1.07. The van der Waals surface area contributed by atoms with Gasteiger partial charge >= 0.3 is 11.9 Å². The van der Waals surface area contributed by atoms with E-state index in [0.29, 0.717) is 0 Å². The average molecular weight is 422 g/mol. The van der Waals surface area contributed by atoms with E-state index in [4.69, 9.17) is 14.2 Å². The Morgan fingerprint density at radius 3 is 1.93 bits per heavy atom. The summed E-state index contributed by atoms with van der Waals surface area (Å²) in [5, 5.41) is 0. The minimum absolute atomic E-state index is 0.0753. The number of nitrogens with zero attached hydrogens (tertiary/aromatic N) is 2. The van der Waals surface area contributed by atoms with Crippen LogP contribution in [0.4, 0.5) is 0 Å². The van der Waals surface area contributed by atoms with Crippen LogP contribution in [-0.2, 0) is 38.2 Å². The van der Waals surface area contributed by atoms with Crippen LogP contribution in [0.3, 0.4) is 0 Å². The minimum Gasteiger partial charge on any atom is -0.463 e. The standard InChI is InChI=1S/C20H26N2O8/c1-12(21-14(23)6-7-15(21)24)18(26)29-10-20(3,4)11-30-19(27)13(2)22-16(25)8-9-17(22)28-5/h6-9,12-13,17H,10-11H2,1-5H3. The third-order valence-corrected chi connectivity index (χ3v) is 4.71. The van der Waals surface area contributed by atoms with Gasteiger partial charge in [0.25, 0.3) is 11.8 Å². The quantitative estimate of drug-likeness (QED) is 0.381. The lowest BCUT2D eigenvalue weighted by Gasteiger charge is -2.30. The smallest absolute Gasteiger partial charge is 0.329 e. The topological polar surface area (TPSA) is 120 Å². The summed E-state index contributed by atoms with van der Waals surface area (Å²) in [4.78, 5) is 61.9. The molecule has 2 aliphatic heterocycles. The van der Waals surface area contributed by atoms with Crippen molar-refractivity contribution >= 4 is 29.7 Å². The molecule has 0 aliphatic carbocycles. The van der Waals surface area contributed by atoms with Crippen LogP contribution in [0.15, 0.2) is 24.3 Å². The molecule has 3 unspecified atom stereocenters. The average Bonchev–Trinajstić information content (AvgIpc) is 3.24. The molecule has 10 heteroatoms. The Morgan fingerprint density at radius 2 is 1.43 bits per heavy atom. The van der Waals surface area contributed by atoms with Gasteiger partial charge < -0.3 is 14.2 Å². The summed E-state index contributed by atoms with van der Waals surface area (Å²) >= 11 is 0. The summed E-state index contributed by atoms with van der Waals surface area (Å²) in [6.45, 7) is 6.19. The molecule has 0 aromatic heterocycles. The Hall–Kier alpha value is -3.01. The lowest BCUT2D eigenvalue weighted by Crippen LogP contribution is -2.47. The SMILES string of the molecule is COC1C=CC(=O)N1C(C)C(=O)OCC(C)(C)COC(=O)C(C)N1C(=O)C=CC1=O. The molecule has 0 radical (unpaired) electrons. The summed E-state index contributed by atoms with van der Waals surface area (Å²) in [6.07, 6.45) is 4.41. The Kier molecular flexibility index (Phi) is 7.14. The summed E-state index contributed by atoms with van der Waals surface area (Å²) in [6, 6.07) is -1.94. The predicted octanol–water partition coefficient (Wildman–Crippen LogP) is 0.172. The molecule has 3 atom stereocenters. The van der Waals surface area contributed by atoms with Crippen molar-refractivity contribution < 1.29 is 38.2 Å². The number of methoxy groups -OCH3 is 1. The molecule has 0 saturated carbocycles. The van der Waals surface area contributed by atoms with Gasteiger partial charge in [-0.05, 0) is 19.9 Å². The van der Waals surface area contributed by atoms with E-state index in [1.165, 1.54) is 31.9 Å². The highest BCUT2D eigenvalue weighted by Gasteiger charge is 2.37. The maximum Gasteiger partial charge on any atom is 0.329 e. The first-order valence-electron chi connectivity index (χ1n) is 9.40. The van der Waals surface area contributed by atoms with Crippen molar-refractivity contribution in [2.24, 2.45) is 5.41 Å². The van der Waals surface area contributed by atoms with E-state index in [1.807, 2.05) is 0 Å². The number of carbonyl (C=O) groups excluding carboxylic acids is 5. The molecule has 3 amide bonds. The lowest BCUT2D eigenvalue weighted by atomic mass is 9.96. The molecule has 2 aliphatic rings. The molecule has 0 N–H and O–H groups in total. The van der Waals surface area contributed by atoms with Gasteiger partial charge in [0.2, 0.25) is 5.91 Å². The third-order valence-electron chi connectivity index (χ3n) is 4.71. The Bertz CT molecular complexity index is 783. The molecule has 0 spiro atoms. The number of carbonyl (C=O) groups is 5. The first-order valence-corrected chi connectivity index (χ1v) is 9.40. The second kappa shape index (κ2) is 9.21. The maximum absolute atomic E-state index is 12.4. The fourth-order valence-corrected chi connectivity index (χ4v) is 2.90. The van der Waals surface area contributed by atoms with Gasteiger partial charge in [0.15, 0.2) is 6.23 Å². The predicted molar refractivity (Wildman–Crippen MR) is 102 cm³/mol. The second-order valence-corrected chi connectivity index (χ2v) is 7.84. The number of hydrogen-bond donors (Lipinski definition) is 0. The zero-order valence-corrected chi connectivity index (χ0v) is 17.6. The third kappa shape index (κ3) is 5.12. The number of esters is 2. The summed E-state index contributed by atoms with van der Waals surface area (Å²) in [5.74, 6) is -2.88. The van der Waals surface area contributed by atoms with Crippen LogP contribution in [-0.4, -0.2) is 78.1 Å². The van der Waals surface area contributed by atoms with Gasteiger partial charge in [0, 0.05) is 30.8 Å². The zero-order valence-electron chi connectivity index (χ0n) is 17.6. The van der Waals surface area contributed by atoms with Gasteiger partial charge in [-0.3, -0.25) is 24.2 Å². The molecule has 0 saturated heterocycles. The molecule has 0 aromatic rings. The first-order chi connectivity index (χ1) is 14.0. The van der Waals surface area contributed by atoms with Crippen molar-refractivity contribution in [2.75, 3.05) is 20.3 Å². The zero-order chi connectivity index (χ0) is 22.6. The summed E-state index contributed by atoms with van der Waals surface area (Å²) in [7, 11) is 1.43. The Balaban J connectivity index is 1.84. The van der Waals surface area contributed by atoms with Crippen LogP contribution in [0.5, 0.6) is 0 Å². The molecule has 164 valence electrons. The van der Waals surface area contributed by atoms with E-state index in [-0.39, 0.29) is 19.1 Å². The van der Waals surface area contributed by atoms with Gasteiger partial charge in [-0.1, -0.05) is 13.8 Å². The Morgan fingerprint density at radius 1 is 0.933 bits per heavy atom. The van der Waals surface area contributed by atoms with Crippen LogP contribution in [0.1, 0.15) is 27.7 Å². The van der Waals surface area contributed by atoms with E-state index in [2.05, 4.69) is 0 Å². The monoisotopic (exact) mass is 422 g/mol. The lowest BCUT2D eigenvalue weighted by molar-refractivity contribution is -0.165. The van der Waals surface area contributed by atoms with Gasteiger partial charge in [-0.2, -0.15) is 0 Å². The second-order valence-electron chi connectivity index (χ2n) is 7.84. The van der Waals surface area contributed by atoms with Crippen LogP contribution >= 0.6 is 0 Å². The maximum atomic E-state index is 12.4. The molecule has 30 heavy (non-hydrogen) atoms. The highest BCUT2D eigenvalue weighted by molar-refractivity contribution is 6.14. The van der Waals surface area contributed by atoms with Crippen LogP contribution in [0, 0.1) is 5.41 Å². The first kappa shape index (κ1) is 23.3. The van der Waals surface area contributed by atoms with Crippen molar-refractivity contribution in [1.82, 2.24) is 9.80 Å².